The van der Waals surface area contributed by atoms with E-state index in [1.807, 2.05) is 43.3 Å². The third kappa shape index (κ3) is 3.99. The highest BCUT2D eigenvalue weighted by Gasteiger charge is 2.32. The Hall–Kier alpha value is -2.40. The summed E-state index contributed by atoms with van der Waals surface area (Å²) in [5.41, 5.74) is 2.00. The first kappa shape index (κ1) is 17.4. The van der Waals surface area contributed by atoms with Crippen molar-refractivity contribution in [3.05, 3.63) is 59.9 Å². The third-order valence-corrected chi connectivity index (χ3v) is 4.68. The number of rotatable bonds is 6. The zero-order chi connectivity index (χ0) is 17.6. The van der Waals surface area contributed by atoms with Crippen molar-refractivity contribution in [2.75, 3.05) is 13.7 Å². The van der Waals surface area contributed by atoms with E-state index >= 15 is 0 Å². The number of ether oxygens (including phenoxy) is 2. The van der Waals surface area contributed by atoms with Gasteiger partial charge in [0.2, 0.25) is 5.91 Å². The summed E-state index contributed by atoms with van der Waals surface area (Å²) in [6.07, 6.45) is 4.96. The molecule has 1 aliphatic rings. The largest absolute Gasteiger partial charge is 0.497 e. The van der Waals surface area contributed by atoms with E-state index in [-0.39, 0.29) is 24.0 Å². The van der Waals surface area contributed by atoms with E-state index in [2.05, 4.69) is 10.3 Å². The molecular formula is C20H24N2O3. The van der Waals surface area contributed by atoms with Gasteiger partial charge in [-0.2, -0.15) is 0 Å². The quantitative estimate of drug-likeness (QED) is 0.877. The maximum absolute atomic E-state index is 12.8. The molecule has 0 aliphatic carbocycles. The number of aromatic nitrogens is 1. The van der Waals surface area contributed by atoms with Crippen molar-refractivity contribution in [3.8, 4) is 5.75 Å². The second-order valence-electron chi connectivity index (χ2n) is 6.22. The molecule has 1 fully saturated rings. The Bertz CT molecular complexity index is 688. The van der Waals surface area contributed by atoms with E-state index in [4.69, 9.17) is 9.47 Å². The summed E-state index contributed by atoms with van der Waals surface area (Å²) in [5.74, 6) is 0.651. The van der Waals surface area contributed by atoms with Crippen molar-refractivity contribution in [1.29, 1.82) is 0 Å². The SMILES string of the molecule is CC[C@H](C(=O)N[C@H]1CCO[C@@H]1c1cccnc1)c1ccc(OC)cc1. The molecule has 5 heteroatoms. The van der Waals surface area contributed by atoms with Gasteiger partial charge in [0, 0.05) is 24.6 Å². The van der Waals surface area contributed by atoms with Crippen LogP contribution in [0, 0.1) is 0 Å². The number of methoxy groups -OCH3 is 1. The molecule has 1 aromatic carbocycles. The van der Waals surface area contributed by atoms with Gasteiger partial charge in [0.25, 0.3) is 0 Å². The molecule has 5 nitrogen and oxygen atoms in total. The van der Waals surface area contributed by atoms with Crippen LogP contribution in [0.4, 0.5) is 0 Å². The van der Waals surface area contributed by atoms with E-state index in [1.165, 1.54) is 0 Å². The minimum atomic E-state index is -0.180. The Morgan fingerprint density at radius 2 is 2.16 bits per heavy atom. The molecule has 0 radical (unpaired) electrons. The smallest absolute Gasteiger partial charge is 0.227 e. The summed E-state index contributed by atoms with van der Waals surface area (Å²) < 4.78 is 11.0. The second-order valence-corrected chi connectivity index (χ2v) is 6.22. The minimum absolute atomic E-state index is 0.0241. The molecule has 1 aliphatic heterocycles. The molecule has 1 amide bonds. The molecule has 1 saturated heterocycles. The number of benzene rings is 1. The number of hydrogen-bond acceptors (Lipinski definition) is 4. The Morgan fingerprint density at radius 3 is 2.80 bits per heavy atom. The molecule has 132 valence electrons. The van der Waals surface area contributed by atoms with Crippen LogP contribution in [0.5, 0.6) is 5.75 Å². The van der Waals surface area contributed by atoms with Gasteiger partial charge in [-0.25, -0.2) is 0 Å². The van der Waals surface area contributed by atoms with Gasteiger partial charge in [0.15, 0.2) is 0 Å². The number of carbonyl (C=O) groups is 1. The van der Waals surface area contributed by atoms with Gasteiger partial charge < -0.3 is 14.8 Å². The first-order chi connectivity index (χ1) is 12.2. The highest BCUT2D eigenvalue weighted by Crippen LogP contribution is 2.30. The summed E-state index contributed by atoms with van der Waals surface area (Å²) in [7, 11) is 1.64. The number of nitrogens with one attached hydrogen (secondary N) is 1. The minimum Gasteiger partial charge on any atom is -0.497 e. The predicted octanol–water partition coefficient (Wildman–Crippen LogP) is 3.23. The molecule has 2 aromatic rings. The molecule has 2 heterocycles. The van der Waals surface area contributed by atoms with E-state index < -0.39 is 0 Å². The first-order valence-corrected chi connectivity index (χ1v) is 8.68. The first-order valence-electron chi connectivity index (χ1n) is 8.68. The van der Waals surface area contributed by atoms with Crippen LogP contribution in [0.1, 0.15) is 42.9 Å². The molecule has 1 aromatic heterocycles. The van der Waals surface area contributed by atoms with Gasteiger partial charge in [0.1, 0.15) is 11.9 Å². The van der Waals surface area contributed by atoms with Crippen LogP contribution in [0.25, 0.3) is 0 Å². The Morgan fingerprint density at radius 1 is 1.36 bits per heavy atom. The average Bonchev–Trinajstić information content (AvgIpc) is 3.11. The molecule has 0 spiro atoms. The lowest BCUT2D eigenvalue weighted by molar-refractivity contribution is -0.123. The maximum atomic E-state index is 12.8. The Labute approximate surface area is 148 Å². The molecule has 3 rings (SSSR count). The zero-order valence-corrected chi connectivity index (χ0v) is 14.6. The fraction of sp³-hybridized carbons (Fsp3) is 0.400. The molecule has 0 bridgehead atoms. The number of nitrogens with zero attached hydrogens (tertiary/aromatic N) is 1. The van der Waals surface area contributed by atoms with Crippen LogP contribution in [0.15, 0.2) is 48.8 Å². The monoisotopic (exact) mass is 340 g/mol. The molecule has 1 N–H and O–H groups in total. The van der Waals surface area contributed by atoms with Crippen LogP contribution in [-0.2, 0) is 9.53 Å². The zero-order valence-electron chi connectivity index (χ0n) is 14.6. The summed E-state index contributed by atoms with van der Waals surface area (Å²) in [6.45, 7) is 2.67. The Balaban J connectivity index is 1.70. The number of carbonyl (C=O) groups excluding carboxylic acids is 1. The van der Waals surface area contributed by atoms with Crippen molar-refractivity contribution < 1.29 is 14.3 Å². The van der Waals surface area contributed by atoms with Crippen molar-refractivity contribution in [3.63, 3.8) is 0 Å². The van der Waals surface area contributed by atoms with Crippen LogP contribution < -0.4 is 10.1 Å². The molecule has 0 unspecified atom stereocenters. The lowest BCUT2D eigenvalue weighted by Crippen LogP contribution is -2.39. The predicted molar refractivity (Wildman–Crippen MR) is 95.5 cm³/mol. The molecule has 3 atom stereocenters. The average molecular weight is 340 g/mol. The highest BCUT2D eigenvalue weighted by molar-refractivity contribution is 5.84. The van der Waals surface area contributed by atoms with Crippen LogP contribution in [0.2, 0.25) is 0 Å². The summed E-state index contributed by atoms with van der Waals surface area (Å²) in [6, 6.07) is 11.5. The number of hydrogen-bond donors (Lipinski definition) is 1. The summed E-state index contributed by atoms with van der Waals surface area (Å²) in [5, 5.41) is 3.18. The van der Waals surface area contributed by atoms with E-state index in [1.54, 1.807) is 19.5 Å². The molecule has 25 heavy (non-hydrogen) atoms. The van der Waals surface area contributed by atoms with E-state index in [0.717, 1.165) is 29.7 Å². The lowest BCUT2D eigenvalue weighted by atomic mass is 9.94. The van der Waals surface area contributed by atoms with Crippen molar-refractivity contribution in [2.45, 2.75) is 37.8 Å². The van der Waals surface area contributed by atoms with E-state index in [0.29, 0.717) is 6.61 Å². The summed E-state index contributed by atoms with van der Waals surface area (Å²) in [4.78, 5) is 17.0. The van der Waals surface area contributed by atoms with Gasteiger partial charge in [-0.15, -0.1) is 0 Å². The van der Waals surface area contributed by atoms with E-state index in [9.17, 15) is 4.79 Å². The number of pyridine rings is 1. The standard InChI is InChI=1S/C20H24N2O3/c1-3-17(14-6-8-16(24-2)9-7-14)20(23)22-18-10-12-25-19(18)15-5-4-11-21-13-15/h4-9,11,13,17-19H,3,10,12H2,1-2H3,(H,22,23)/t17-,18-,19+/m0/s1. The fourth-order valence-corrected chi connectivity index (χ4v) is 3.30. The van der Waals surface area contributed by atoms with Crippen molar-refractivity contribution >= 4 is 5.91 Å². The van der Waals surface area contributed by atoms with Gasteiger partial charge in [0.05, 0.1) is 19.1 Å². The second kappa shape index (κ2) is 8.12. The normalized spacial score (nSPS) is 20.9. The topological polar surface area (TPSA) is 60.5 Å². The van der Waals surface area contributed by atoms with Crippen molar-refractivity contribution in [2.24, 2.45) is 0 Å². The van der Waals surface area contributed by atoms with Gasteiger partial charge in [-0.3, -0.25) is 9.78 Å². The summed E-state index contributed by atoms with van der Waals surface area (Å²) >= 11 is 0. The molecular weight excluding hydrogens is 316 g/mol. The highest BCUT2D eigenvalue weighted by atomic mass is 16.5. The van der Waals surface area contributed by atoms with Crippen LogP contribution >= 0.6 is 0 Å². The Kier molecular flexibility index (Phi) is 5.66. The maximum Gasteiger partial charge on any atom is 0.227 e. The van der Waals surface area contributed by atoms with Gasteiger partial charge in [-0.1, -0.05) is 25.1 Å². The van der Waals surface area contributed by atoms with Crippen molar-refractivity contribution in [1.82, 2.24) is 10.3 Å². The third-order valence-electron chi connectivity index (χ3n) is 4.68. The lowest BCUT2D eigenvalue weighted by Gasteiger charge is -2.23. The van der Waals surface area contributed by atoms with Crippen LogP contribution in [-0.4, -0.2) is 30.6 Å². The van der Waals surface area contributed by atoms with Gasteiger partial charge >= 0.3 is 0 Å². The molecule has 0 saturated carbocycles. The fourth-order valence-electron chi connectivity index (χ4n) is 3.30. The number of amides is 1. The van der Waals surface area contributed by atoms with Crippen LogP contribution in [0.3, 0.4) is 0 Å². The van der Waals surface area contributed by atoms with Gasteiger partial charge in [-0.05, 0) is 36.6 Å².